The van der Waals surface area contributed by atoms with Gasteiger partial charge in [0.25, 0.3) is 0 Å². The molecule has 2 aromatic rings. The van der Waals surface area contributed by atoms with E-state index in [2.05, 4.69) is 4.98 Å². The van der Waals surface area contributed by atoms with Gasteiger partial charge in [-0.15, -0.1) is 0 Å². The Hall–Kier alpha value is -1.65. The van der Waals surface area contributed by atoms with Gasteiger partial charge in [-0.1, -0.05) is 25.1 Å². The molecule has 3 nitrogen and oxygen atoms in total. The molecule has 0 saturated carbocycles. The van der Waals surface area contributed by atoms with Crippen LogP contribution in [0.3, 0.4) is 0 Å². The van der Waals surface area contributed by atoms with Crippen LogP contribution in [0.15, 0.2) is 47.6 Å². The van der Waals surface area contributed by atoms with Crippen molar-refractivity contribution in [2.24, 2.45) is 0 Å². The third-order valence-electron chi connectivity index (χ3n) is 3.46. The predicted octanol–water partition coefficient (Wildman–Crippen LogP) is 4.42. The van der Waals surface area contributed by atoms with E-state index in [0.29, 0.717) is 0 Å². The van der Waals surface area contributed by atoms with Crippen LogP contribution < -0.4 is 0 Å². The fourth-order valence-corrected chi connectivity index (χ4v) is 2.84. The third-order valence-corrected chi connectivity index (χ3v) is 4.24. The van der Waals surface area contributed by atoms with Crippen LogP contribution in [0.25, 0.3) is 0 Å². The lowest BCUT2D eigenvalue weighted by Gasteiger charge is -2.15. The van der Waals surface area contributed by atoms with E-state index in [-0.39, 0.29) is 11.7 Å². The summed E-state index contributed by atoms with van der Waals surface area (Å²) in [6.07, 6.45) is 4.25. The molecule has 0 bridgehead atoms. The van der Waals surface area contributed by atoms with E-state index in [1.165, 1.54) is 12.0 Å². The Balaban J connectivity index is 2.32. The van der Waals surface area contributed by atoms with Crippen molar-refractivity contribution in [1.82, 2.24) is 4.98 Å². The fraction of sp³-hybridized carbons (Fsp3) is 0.294. The molecule has 0 aliphatic heterocycles. The Labute approximate surface area is 130 Å². The average Bonchev–Trinajstić information content (AvgIpc) is 2.51. The summed E-state index contributed by atoms with van der Waals surface area (Å²) in [5.74, 6) is -0.0229. The molecule has 0 aliphatic carbocycles. The summed E-state index contributed by atoms with van der Waals surface area (Å²) in [6.45, 7) is 4.03. The number of hydrogen-bond acceptors (Lipinski definition) is 4. The topological polar surface area (TPSA) is 39.2 Å². The van der Waals surface area contributed by atoms with Gasteiger partial charge in [0.15, 0.2) is 5.78 Å². The van der Waals surface area contributed by atoms with Gasteiger partial charge in [0.2, 0.25) is 0 Å². The number of ketones is 1. The zero-order valence-corrected chi connectivity index (χ0v) is 13.3. The lowest BCUT2D eigenvalue weighted by molar-refractivity contribution is 0.0957. The lowest BCUT2D eigenvalue weighted by atomic mass is 9.89. The zero-order valence-electron chi connectivity index (χ0n) is 12.5. The molecule has 0 fully saturated rings. The summed E-state index contributed by atoms with van der Waals surface area (Å²) in [4.78, 5) is 17.9. The van der Waals surface area contributed by atoms with Crippen LogP contribution in [-0.4, -0.2) is 17.9 Å². The molecule has 4 heteroatoms. The molecular formula is C17H19NO2S. The van der Waals surface area contributed by atoms with E-state index >= 15 is 0 Å². The molecule has 1 aromatic carbocycles. The fourth-order valence-electron chi connectivity index (χ4n) is 2.29. The normalized spacial score (nSPS) is 12.1. The van der Waals surface area contributed by atoms with Gasteiger partial charge < -0.3 is 4.18 Å². The van der Waals surface area contributed by atoms with Crippen molar-refractivity contribution in [3.8, 4) is 0 Å². The largest absolute Gasteiger partial charge is 0.314 e. The van der Waals surface area contributed by atoms with Crippen molar-refractivity contribution in [3.63, 3.8) is 0 Å². The number of Topliss-reactive ketones (excluding diaryl/α,β-unsaturated/α-hetero) is 1. The summed E-state index contributed by atoms with van der Waals surface area (Å²) < 4.78 is 5.11. The molecule has 110 valence electrons. The minimum atomic E-state index is -0.151. The second kappa shape index (κ2) is 7.38. The highest BCUT2D eigenvalue weighted by Gasteiger charge is 2.21. The van der Waals surface area contributed by atoms with Crippen LogP contribution >= 0.6 is 12.0 Å². The van der Waals surface area contributed by atoms with E-state index < -0.39 is 0 Å². The van der Waals surface area contributed by atoms with Gasteiger partial charge in [-0.3, -0.25) is 9.78 Å². The number of aromatic nitrogens is 1. The molecular weight excluding hydrogens is 282 g/mol. The standard InChI is InChI=1S/C17H19NO2S/c1-4-15(14-6-5-9-18-11-14)17(19)13-8-7-12(2)16(10-13)21-20-3/h5-11,15H,4H2,1-3H3. The van der Waals surface area contributed by atoms with Crippen LogP contribution in [0.5, 0.6) is 0 Å². The first kappa shape index (κ1) is 15.7. The molecule has 0 spiro atoms. The van der Waals surface area contributed by atoms with Crippen LogP contribution in [0.2, 0.25) is 0 Å². The van der Waals surface area contributed by atoms with Gasteiger partial charge in [0.05, 0.1) is 7.11 Å². The lowest BCUT2D eigenvalue weighted by Crippen LogP contribution is -2.12. The van der Waals surface area contributed by atoms with Crippen molar-refractivity contribution >= 4 is 17.8 Å². The summed E-state index contributed by atoms with van der Waals surface area (Å²) >= 11 is 1.28. The molecule has 0 radical (unpaired) electrons. The molecule has 1 aromatic heterocycles. The summed E-state index contributed by atoms with van der Waals surface area (Å²) in [7, 11) is 1.63. The zero-order chi connectivity index (χ0) is 15.2. The van der Waals surface area contributed by atoms with E-state index in [1.54, 1.807) is 19.5 Å². The average molecular weight is 301 g/mol. The number of pyridine rings is 1. The van der Waals surface area contributed by atoms with E-state index in [1.807, 2.05) is 44.2 Å². The van der Waals surface area contributed by atoms with Crippen molar-refractivity contribution < 1.29 is 8.98 Å². The van der Waals surface area contributed by atoms with Crippen LogP contribution in [-0.2, 0) is 4.18 Å². The highest BCUT2D eigenvalue weighted by molar-refractivity contribution is 7.94. The molecule has 0 N–H and O–H groups in total. The molecule has 2 rings (SSSR count). The van der Waals surface area contributed by atoms with Crippen molar-refractivity contribution in [2.45, 2.75) is 31.1 Å². The van der Waals surface area contributed by atoms with Crippen molar-refractivity contribution in [3.05, 3.63) is 59.4 Å². The number of hydrogen-bond donors (Lipinski definition) is 0. The van der Waals surface area contributed by atoms with Crippen LogP contribution in [0, 0.1) is 6.92 Å². The second-order valence-corrected chi connectivity index (χ2v) is 5.78. The monoisotopic (exact) mass is 301 g/mol. The van der Waals surface area contributed by atoms with Gasteiger partial charge in [0, 0.05) is 40.8 Å². The van der Waals surface area contributed by atoms with Gasteiger partial charge in [-0.05, 0) is 36.6 Å². The molecule has 1 atom stereocenters. The predicted molar refractivity (Wildman–Crippen MR) is 85.6 cm³/mol. The quantitative estimate of drug-likeness (QED) is 0.585. The molecule has 0 amide bonds. The Morgan fingerprint density at radius 3 is 2.81 bits per heavy atom. The SMILES string of the molecule is CCC(C(=O)c1ccc(C)c(SOC)c1)c1cccnc1. The minimum absolute atomic E-state index is 0.128. The number of nitrogens with zero attached hydrogens (tertiary/aromatic N) is 1. The van der Waals surface area contributed by atoms with Crippen LogP contribution in [0.4, 0.5) is 0 Å². The molecule has 1 heterocycles. The maximum atomic E-state index is 12.8. The third kappa shape index (κ3) is 3.71. The van der Waals surface area contributed by atoms with Crippen molar-refractivity contribution in [1.29, 1.82) is 0 Å². The summed E-state index contributed by atoms with van der Waals surface area (Å²) in [5.41, 5.74) is 2.79. The maximum Gasteiger partial charge on any atom is 0.170 e. The first-order valence-electron chi connectivity index (χ1n) is 6.92. The van der Waals surface area contributed by atoms with Gasteiger partial charge in [-0.25, -0.2) is 0 Å². The Bertz CT molecular complexity index is 613. The van der Waals surface area contributed by atoms with Gasteiger partial charge in [-0.2, -0.15) is 0 Å². The first-order valence-corrected chi connectivity index (χ1v) is 7.67. The van der Waals surface area contributed by atoms with E-state index in [4.69, 9.17) is 4.18 Å². The number of benzene rings is 1. The first-order chi connectivity index (χ1) is 10.2. The summed E-state index contributed by atoms with van der Waals surface area (Å²) in [5, 5.41) is 0. The number of aryl methyl sites for hydroxylation is 1. The Morgan fingerprint density at radius 2 is 2.19 bits per heavy atom. The Morgan fingerprint density at radius 1 is 1.38 bits per heavy atom. The summed E-state index contributed by atoms with van der Waals surface area (Å²) in [6, 6.07) is 9.58. The highest BCUT2D eigenvalue weighted by Crippen LogP contribution is 2.28. The number of carbonyl (C=O) groups excluding carboxylic acids is 1. The Kier molecular flexibility index (Phi) is 5.53. The second-order valence-electron chi connectivity index (χ2n) is 4.84. The van der Waals surface area contributed by atoms with Crippen LogP contribution in [0.1, 0.15) is 40.7 Å². The van der Waals surface area contributed by atoms with Crippen molar-refractivity contribution in [2.75, 3.05) is 7.11 Å². The van der Waals surface area contributed by atoms with Gasteiger partial charge >= 0.3 is 0 Å². The minimum Gasteiger partial charge on any atom is -0.314 e. The van der Waals surface area contributed by atoms with Gasteiger partial charge in [0.1, 0.15) is 0 Å². The number of carbonyl (C=O) groups is 1. The molecule has 1 unspecified atom stereocenters. The maximum absolute atomic E-state index is 12.8. The molecule has 21 heavy (non-hydrogen) atoms. The molecule has 0 saturated heterocycles. The smallest absolute Gasteiger partial charge is 0.170 e. The highest BCUT2D eigenvalue weighted by atomic mass is 32.2. The van der Waals surface area contributed by atoms with E-state index in [0.717, 1.165) is 28.0 Å². The molecule has 0 aliphatic rings. The number of rotatable bonds is 6. The van der Waals surface area contributed by atoms with E-state index in [9.17, 15) is 4.79 Å².